The predicted octanol–water partition coefficient (Wildman–Crippen LogP) is 4.32. The molecule has 2 aromatic carbocycles. The Bertz CT molecular complexity index is 655. The highest BCUT2D eigenvalue weighted by atomic mass is 79.9. The summed E-state index contributed by atoms with van der Waals surface area (Å²) in [7, 11) is 3.77. The summed E-state index contributed by atoms with van der Waals surface area (Å²) in [5, 5.41) is 5.98. The zero-order valence-corrected chi connectivity index (χ0v) is 15.2. The predicted molar refractivity (Wildman–Crippen MR) is 97.4 cm³/mol. The zero-order valence-electron chi connectivity index (χ0n) is 13.6. The monoisotopic (exact) mass is 376 g/mol. The zero-order chi connectivity index (χ0) is 16.7. The van der Waals surface area contributed by atoms with Crippen molar-refractivity contribution in [3.8, 4) is 11.5 Å². The van der Waals surface area contributed by atoms with Crippen LogP contribution in [0.4, 0.5) is 0 Å². The molecule has 23 heavy (non-hydrogen) atoms. The molecule has 0 N–H and O–H groups in total. The SMILES string of the molecule is CCOc1cc(/C=N/N(C)C)ccc1OCc1ccc(Br)cc1. The Kier molecular flexibility index (Phi) is 6.47. The van der Waals surface area contributed by atoms with Crippen molar-refractivity contribution in [3.63, 3.8) is 0 Å². The summed E-state index contributed by atoms with van der Waals surface area (Å²) in [4.78, 5) is 0. The maximum Gasteiger partial charge on any atom is 0.161 e. The van der Waals surface area contributed by atoms with Crippen molar-refractivity contribution in [2.45, 2.75) is 13.5 Å². The average molecular weight is 377 g/mol. The number of benzene rings is 2. The first kappa shape index (κ1) is 17.3. The maximum absolute atomic E-state index is 5.90. The molecular weight excluding hydrogens is 356 g/mol. The van der Waals surface area contributed by atoms with Crippen molar-refractivity contribution >= 4 is 22.1 Å². The van der Waals surface area contributed by atoms with Gasteiger partial charge in [0.15, 0.2) is 11.5 Å². The van der Waals surface area contributed by atoms with Gasteiger partial charge in [0.25, 0.3) is 0 Å². The molecule has 0 unspecified atom stereocenters. The molecule has 5 heteroatoms. The van der Waals surface area contributed by atoms with E-state index in [2.05, 4.69) is 21.0 Å². The van der Waals surface area contributed by atoms with E-state index in [0.29, 0.717) is 13.2 Å². The van der Waals surface area contributed by atoms with E-state index >= 15 is 0 Å². The number of hydrazone groups is 1. The lowest BCUT2D eigenvalue weighted by atomic mass is 10.2. The van der Waals surface area contributed by atoms with Gasteiger partial charge in [-0.05, 0) is 48.4 Å². The summed E-state index contributed by atoms with van der Waals surface area (Å²) >= 11 is 3.43. The summed E-state index contributed by atoms with van der Waals surface area (Å²) in [5.41, 5.74) is 2.08. The van der Waals surface area contributed by atoms with Crippen LogP contribution in [0.2, 0.25) is 0 Å². The van der Waals surface area contributed by atoms with Gasteiger partial charge in [-0.1, -0.05) is 28.1 Å². The Morgan fingerprint density at radius 1 is 1.04 bits per heavy atom. The quantitative estimate of drug-likeness (QED) is 0.532. The second-order valence-corrected chi connectivity index (χ2v) is 6.06. The molecule has 0 bridgehead atoms. The normalized spacial score (nSPS) is 10.8. The van der Waals surface area contributed by atoms with Crippen molar-refractivity contribution in [3.05, 3.63) is 58.1 Å². The average Bonchev–Trinajstić information content (AvgIpc) is 2.54. The molecule has 2 aromatic rings. The van der Waals surface area contributed by atoms with Gasteiger partial charge < -0.3 is 14.5 Å². The molecule has 0 aliphatic rings. The number of rotatable bonds is 7. The third-order valence-corrected chi connectivity index (χ3v) is 3.54. The molecule has 4 nitrogen and oxygen atoms in total. The largest absolute Gasteiger partial charge is 0.490 e. The second kappa shape index (κ2) is 8.58. The van der Waals surface area contributed by atoms with E-state index in [9.17, 15) is 0 Å². The molecule has 122 valence electrons. The summed E-state index contributed by atoms with van der Waals surface area (Å²) in [5.74, 6) is 1.46. The molecule has 0 radical (unpaired) electrons. The summed E-state index contributed by atoms with van der Waals surface area (Å²) in [6.45, 7) is 3.04. The molecule has 0 spiro atoms. The van der Waals surface area contributed by atoms with Crippen LogP contribution in [0.25, 0.3) is 0 Å². The van der Waals surface area contributed by atoms with Gasteiger partial charge in [-0.15, -0.1) is 0 Å². The van der Waals surface area contributed by atoms with Crippen molar-refractivity contribution < 1.29 is 9.47 Å². The number of halogens is 1. The van der Waals surface area contributed by atoms with Crippen molar-refractivity contribution in [1.29, 1.82) is 0 Å². The lowest BCUT2D eigenvalue weighted by molar-refractivity contribution is 0.269. The number of hydrogen-bond acceptors (Lipinski definition) is 4. The van der Waals surface area contributed by atoms with Gasteiger partial charge in [0.2, 0.25) is 0 Å². The molecular formula is C18H21BrN2O2. The van der Waals surface area contributed by atoms with E-state index in [-0.39, 0.29) is 0 Å². The highest BCUT2D eigenvalue weighted by molar-refractivity contribution is 9.10. The van der Waals surface area contributed by atoms with Gasteiger partial charge in [-0.2, -0.15) is 5.10 Å². The smallest absolute Gasteiger partial charge is 0.161 e. The van der Waals surface area contributed by atoms with E-state index in [1.165, 1.54) is 0 Å². The molecule has 0 heterocycles. The fourth-order valence-electron chi connectivity index (χ4n) is 1.92. The number of nitrogens with zero attached hydrogens (tertiary/aromatic N) is 2. The van der Waals surface area contributed by atoms with Gasteiger partial charge in [-0.3, -0.25) is 0 Å². The third-order valence-electron chi connectivity index (χ3n) is 3.01. The van der Waals surface area contributed by atoms with E-state index in [1.54, 1.807) is 11.2 Å². The molecule has 0 saturated heterocycles. The minimum atomic E-state index is 0.499. The van der Waals surface area contributed by atoms with Crippen LogP contribution in [0.1, 0.15) is 18.1 Å². The Morgan fingerprint density at radius 2 is 1.78 bits per heavy atom. The molecule has 0 atom stereocenters. The fraction of sp³-hybridized carbons (Fsp3) is 0.278. The van der Waals surface area contributed by atoms with Gasteiger partial charge in [0.1, 0.15) is 6.61 Å². The van der Waals surface area contributed by atoms with Gasteiger partial charge in [0.05, 0.1) is 12.8 Å². The molecule has 0 aliphatic heterocycles. The first-order valence-electron chi connectivity index (χ1n) is 7.44. The van der Waals surface area contributed by atoms with Gasteiger partial charge >= 0.3 is 0 Å². The minimum Gasteiger partial charge on any atom is -0.490 e. The van der Waals surface area contributed by atoms with Crippen LogP contribution in [0.15, 0.2) is 52.0 Å². The third kappa shape index (κ3) is 5.60. The van der Waals surface area contributed by atoms with Crippen LogP contribution < -0.4 is 9.47 Å². The Hall–Kier alpha value is -2.01. The Balaban J connectivity index is 2.12. The fourth-order valence-corrected chi connectivity index (χ4v) is 2.18. The molecule has 0 amide bonds. The van der Waals surface area contributed by atoms with Crippen LogP contribution >= 0.6 is 15.9 Å². The Labute approximate surface area is 145 Å². The number of hydrogen-bond donors (Lipinski definition) is 0. The van der Waals surface area contributed by atoms with Crippen LogP contribution in [0, 0.1) is 0 Å². The van der Waals surface area contributed by atoms with Crippen LogP contribution in [0.5, 0.6) is 11.5 Å². The molecule has 0 saturated carbocycles. The molecule has 0 fully saturated rings. The van der Waals surface area contributed by atoms with Gasteiger partial charge in [-0.25, -0.2) is 0 Å². The summed E-state index contributed by atoms with van der Waals surface area (Å²) in [6.07, 6.45) is 1.79. The number of ether oxygens (including phenoxy) is 2. The van der Waals surface area contributed by atoms with Crippen LogP contribution in [-0.4, -0.2) is 31.9 Å². The first-order chi connectivity index (χ1) is 11.1. The minimum absolute atomic E-state index is 0.499. The second-order valence-electron chi connectivity index (χ2n) is 5.15. The van der Waals surface area contributed by atoms with E-state index in [0.717, 1.165) is 27.1 Å². The topological polar surface area (TPSA) is 34.1 Å². The van der Waals surface area contributed by atoms with Crippen LogP contribution in [-0.2, 0) is 6.61 Å². The van der Waals surface area contributed by atoms with Crippen molar-refractivity contribution in [2.24, 2.45) is 5.10 Å². The molecule has 2 rings (SSSR count). The van der Waals surface area contributed by atoms with Gasteiger partial charge in [0, 0.05) is 18.6 Å². The van der Waals surface area contributed by atoms with Crippen molar-refractivity contribution in [1.82, 2.24) is 5.01 Å². The Morgan fingerprint density at radius 3 is 2.43 bits per heavy atom. The highest BCUT2D eigenvalue weighted by Gasteiger charge is 2.06. The lowest BCUT2D eigenvalue weighted by Crippen LogP contribution is -2.03. The summed E-state index contributed by atoms with van der Waals surface area (Å²) in [6, 6.07) is 13.9. The van der Waals surface area contributed by atoms with E-state index in [4.69, 9.17) is 9.47 Å². The van der Waals surface area contributed by atoms with E-state index < -0.39 is 0 Å². The molecule has 0 aromatic heterocycles. The van der Waals surface area contributed by atoms with Crippen LogP contribution in [0.3, 0.4) is 0 Å². The summed E-state index contributed by atoms with van der Waals surface area (Å²) < 4.78 is 12.6. The first-order valence-corrected chi connectivity index (χ1v) is 8.23. The molecule has 0 aliphatic carbocycles. The maximum atomic E-state index is 5.90. The lowest BCUT2D eigenvalue weighted by Gasteiger charge is -2.13. The standard InChI is InChI=1S/C18H21BrN2O2/c1-4-22-18-11-15(12-20-21(2)3)7-10-17(18)23-13-14-5-8-16(19)9-6-14/h5-12H,4,13H2,1-3H3/b20-12+. The highest BCUT2D eigenvalue weighted by Crippen LogP contribution is 2.29. The van der Waals surface area contributed by atoms with Crippen molar-refractivity contribution in [2.75, 3.05) is 20.7 Å². The van der Waals surface area contributed by atoms with E-state index in [1.807, 2.05) is 63.5 Å².